The van der Waals surface area contributed by atoms with Gasteiger partial charge in [0.2, 0.25) is 0 Å². The van der Waals surface area contributed by atoms with Crippen molar-refractivity contribution in [2.24, 2.45) is 0 Å². The van der Waals surface area contributed by atoms with E-state index in [9.17, 15) is 4.79 Å². The Morgan fingerprint density at radius 3 is 3.08 bits per heavy atom. The zero-order valence-corrected chi connectivity index (χ0v) is 6.92. The zero-order valence-electron chi connectivity index (χ0n) is 6.92. The third-order valence-corrected chi connectivity index (χ3v) is 1.45. The van der Waals surface area contributed by atoms with Crippen LogP contribution in [0.25, 0.3) is 0 Å². The predicted molar refractivity (Wildman–Crippen MR) is 47.7 cm³/mol. The summed E-state index contributed by atoms with van der Waals surface area (Å²) in [7, 11) is 0. The molecule has 3 nitrogen and oxygen atoms in total. The summed E-state index contributed by atoms with van der Waals surface area (Å²) in [5.74, 6) is -0.171. The minimum absolute atomic E-state index is 0.171. The number of hydrogen-bond donors (Lipinski definition) is 2. The molecule has 0 fully saturated rings. The zero-order chi connectivity index (χ0) is 8.97. The lowest BCUT2D eigenvalue weighted by Crippen LogP contribution is -2.23. The highest BCUT2D eigenvalue weighted by Gasteiger charge is 2.06. The second-order valence-corrected chi connectivity index (χ2v) is 2.36. The second kappa shape index (κ2) is 3.76. The number of nitrogens with one attached hydrogen (secondary N) is 1. The molecule has 0 heterocycles. The molecule has 1 rings (SSSR count). The number of benzene rings is 1. The van der Waals surface area contributed by atoms with Crippen LogP contribution in [-0.2, 0) is 0 Å². The van der Waals surface area contributed by atoms with Gasteiger partial charge < -0.3 is 11.1 Å². The number of anilines is 1. The van der Waals surface area contributed by atoms with Gasteiger partial charge in [-0.3, -0.25) is 4.79 Å². The van der Waals surface area contributed by atoms with Crippen LogP contribution in [0.1, 0.15) is 17.3 Å². The maximum atomic E-state index is 11.2. The summed E-state index contributed by atoms with van der Waals surface area (Å²) in [6.45, 7) is 2.46. The van der Waals surface area contributed by atoms with Crippen LogP contribution in [0.15, 0.2) is 18.2 Å². The van der Waals surface area contributed by atoms with E-state index in [0.717, 1.165) is 0 Å². The number of carbonyl (C=O) groups is 1. The third kappa shape index (κ3) is 1.75. The monoisotopic (exact) mass is 163 g/mol. The van der Waals surface area contributed by atoms with Gasteiger partial charge in [-0.1, -0.05) is 12.1 Å². The Hall–Kier alpha value is -1.51. The van der Waals surface area contributed by atoms with Gasteiger partial charge in [-0.2, -0.15) is 0 Å². The first-order valence-corrected chi connectivity index (χ1v) is 3.80. The molecule has 3 N–H and O–H groups in total. The molecule has 0 spiro atoms. The second-order valence-electron chi connectivity index (χ2n) is 2.36. The molecule has 0 saturated carbocycles. The van der Waals surface area contributed by atoms with E-state index in [1.54, 1.807) is 18.2 Å². The molecule has 0 aromatic heterocycles. The predicted octanol–water partition coefficient (Wildman–Crippen LogP) is 0.819. The van der Waals surface area contributed by atoms with Crippen LogP contribution in [0, 0.1) is 6.07 Å². The quantitative estimate of drug-likeness (QED) is 0.634. The van der Waals surface area contributed by atoms with Crippen molar-refractivity contribution in [3.05, 3.63) is 29.8 Å². The van der Waals surface area contributed by atoms with Crippen LogP contribution in [0.3, 0.4) is 0 Å². The van der Waals surface area contributed by atoms with Gasteiger partial charge in [-0.25, -0.2) is 0 Å². The number of nitrogens with two attached hydrogens (primary N) is 1. The number of carbonyl (C=O) groups excluding carboxylic acids is 1. The Kier molecular flexibility index (Phi) is 2.69. The lowest BCUT2D eigenvalue weighted by atomic mass is 10.2. The van der Waals surface area contributed by atoms with Crippen molar-refractivity contribution in [1.29, 1.82) is 0 Å². The van der Waals surface area contributed by atoms with Gasteiger partial charge in [-0.15, -0.1) is 0 Å². The smallest absolute Gasteiger partial charge is 0.253 e. The maximum absolute atomic E-state index is 11.2. The van der Waals surface area contributed by atoms with Crippen LogP contribution < -0.4 is 11.1 Å². The van der Waals surface area contributed by atoms with E-state index in [1.807, 2.05) is 6.92 Å². The molecule has 1 radical (unpaired) electrons. The topological polar surface area (TPSA) is 55.1 Å². The molecule has 12 heavy (non-hydrogen) atoms. The standard InChI is InChI=1S/C9H11N2O/c1-2-11-9(12)7-5-3-4-6-8(7)10/h3-4,6H,2,10H2,1H3,(H,11,12). The fraction of sp³-hybridized carbons (Fsp3) is 0.222. The van der Waals surface area contributed by atoms with E-state index >= 15 is 0 Å². The summed E-state index contributed by atoms with van der Waals surface area (Å²) in [4.78, 5) is 11.2. The third-order valence-electron chi connectivity index (χ3n) is 1.45. The number of rotatable bonds is 2. The Labute approximate surface area is 71.6 Å². The molecule has 3 heteroatoms. The summed E-state index contributed by atoms with van der Waals surface area (Å²) in [6.07, 6.45) is 0. The first-order chi connectivity index (χ1) is 5.75. The van der Waals surface area contributed by atoms with Gasteiger partial charge in [0.25, 0.3) is 5.91 Å². The highest BCUT2D eigenvalue weighted by Crippen LogP contribution is 2.08. The fourth-order valence-electron chi connectivity index (χ4n) is 0.895. The van der Waals surface area contributed by atoms with E-state index in [4.69, 9.17) is 5.73 Å². The Bertz CT molecular complexity index is 284. The molecule has 0 unspecified atom stereocenters. The van der Waals surface area contributed by atoms with Crippen molar-refractivity contribution in [1.82, 2.24) is 5.32 Å². The van der Waals surface area contributed by atoms with Gasteiger partial charge in [0, 0.05) is 12.2 Å². The van der Waals surface area contributed by atoms with E-state index < -0.39 is 0 Å². The van der Waals surface area contributed by atoms with Crippen molar-refractivity contribution in [2.45, 2.75) is 6.92 Å². The van der Waals surface area contributed by atoms with Crippen LogP contribution in [0.5, 0.6) is 0 Å². The number of hydrogen-bond acceptors (Lipinski definition) is 2. The van der Waals surface area contributed by atoms with Crippen LogP contribution >= 0.6 is 0 Å². The summed E-state index contributed by atoms with van der Waals surface area (Å²) < 4.78 is 0. The molecule has 1 aromatic rings. The fourth-order valence-corrected chi connectivity index (χ4v) is 0.895. The maximum Gasteiger partial charge on any atom is 0.253 e. The van der Waals surface area contributed by atoms with Crippen molar-refractivity contribution in [3.8, 4) is 0 Å². The van der Waals surface area contributed by atoms with Crippen molar-refractivity contribution in [3.63, 3.8) is 0 Å². The van der Waals surface area contributed by atoms with E-state index in [0.29, 0.717) is 17.8 Å². The van der Waals surface area contributed by atoms with Crippen molar-refractivity contribution < 1.29 is 4.79 Å². The normalized spacial score (nSPS) is 9.42. The van der Waals surface area contributed by atoms with Crippen LogP contribution in [-0.4, -0.2) is 12.5 Å². The summed E-state index contributed by atoms with van der Waals surface area (Å²) in [5, 5.41) is 2.65. The molecule has 0 aliphatic rings. The van der Waals surface area contributed by atoms with Gasteiger partial charge >= 0.3 is 0 Å². The lowest BCUT2D eigenvalue weighted by Gasteiger charge is -2.03. The SMILES string of the molecule is CCNC(=O)c1[c]cccc1N. The average Bonchev–Trinajstić information content (AvgIpc) is 2.05. The number of nitrogen functional groups attached to an aromatic ring is 1. The molecule has 1 amide bonds. The minimum Gasteiger partial charge on any atom is -0.398 e. The van der Waals surface area contributed by atoms with Crippen molar-refractivity contribution in [2.75, 3.05) is 12.3 Å². The molecule has 0 aliphatic heterocycles. The highest BCUT2D eigenvalue weighted by atomic mass is 16.1. The summed E-state index contributed by atoms with van der Waals surface area (Å²) in [5.41, 5.74) is 6.44. The minimum atomic E-state index is -0.171. The average molecular weight is 163 g/mol. The van der Waals surface area contributed by atoms with E-state index in [1.165, 1.54) is 0 Å². The Morgan fingerprint density at radius 1 is 1.75 bits per heavy atom. The van der Waals surface area contributed by atoms with Gasteiger partial charge in [0.15, 0.2) is 0 Å². The van der Waals surface area contributed by atoms with Gasteiger partial charge in [0.1, 0.15) is 0 Å². The molecule has 0 saturated heterocycles. The first-order valence-electron chi connectivity index (χ1n) is 3.80. The van der Waals surface area contributed by atoms with Gasteiger partial charge in [-0.05, 0) is 19.1 Å². The molecule has 0 atom stereocenters. The molecular weight excluding hydrogens is 152 g/mol. The highest BCUT2D eigenvalue weighted by molar-refractivity contribution is 5.98. The largest absolute Gasteiger partial charge is 0.398 e. The van der Waals surface area contributed by atoms with E-state index in [-0.39, 0.29) is 5.91 Å². The molecule has 1 aromatic carbocycles. The molecule has 0 bridgehead atoms. The first kappa shape index (κ1) is 8.59. The molecule has 0 aliphatic carbocycles. The van der Waals surface area contributed by atoms with Crippen molar-refractivity contribution >= 4 is 11.6 Å². The van der Waals surface area contributed by atoms with Crippen LogP contribution in [0.4, 0.5) is 5.69 Å². The molecular formula is C9H11N2O. The van der Waals surface area contributed by atoms with E-state index in [2.05, 4.69) is 11.4 Å². The lowest BCUT2D eigenvalue weighted by molar-refractivity contribution is 0.0956. The van der Waals surface area contributed by atoms with Crippen LogP contribution in [0.2, 0.25) is 0 Å². The van der Waals surface area contributed by atoms with Gasteiger partial charge in [0.05, 0.1) is 5.56 Å². The summed E-state index contributed by atoms with van der Waals surface area (Å²) in [6, 6.07) is 7.88. The Morgan fingerprint density at radius 2 is 2.50 bits per heavy atom. The number of amides is 1. The Balaban J connectivity index is 2.87. The molecule has 63 valence electrons. The summed E-state index contributed by atoms with van der Waals surface area (Å²) >= 11 is 0.